The topological polar surface area (TPSA) is 3.24 Å². The summed E-state index contributed by atoms with van der Waals surface area (Å²) in [6.07, 6.45) is 2.72. The Kier molecular flexibility index (Phi) is 4.09. The molecule has 1 saturated heterocycles. The molecule has 1 heterocycles. The number of hydrogen-bond donors (Lipinski definition) is 0. The van der Waals surface area contributed by atoms with Gasteiger partial charge in [-0.1, -0.05) is 13.8 Å². The summed E-state index contributed by atoms with van der Waals surface area (Å²) in [5.41, 5.74) is 0.458. The van der Waals surface area contributed by atoms with Crippen LogP contribution in [0.2, 0.25) is 0 Å². The maximum Gasteiger partial charge on any atom is 0.0153 e. The van der Waals surface area contributed by atoms with Gasteiger partial charge in [0.2, 0.25) is 0 Å². The average molecular weight is 157 g/mol. The van der Waals surface area contributed by atoms with Crippen molar-refractivity contribution in [2.45, 2.75) is 59.0 Å². The summed E-state index contributed by atoms with van der Waals surface area (Å²) in [5, 5.41) is 0. The summed E-state index contributed by atoms with van der Waals surface area (Å²) < 4.78 is 0. The van der Waals surface area contributed by atoms with E-state index in [-0.39, 0.29) is 0 Å². The quantitative estimate of drug-likeness (QED) is 0.522. The summed E-state index contributed by atoms with van der Waals surface area (Å²) in [4.78, 5) is 2.47. The van der Waals surface area contributed by atoms with Gasteiger partial charge in [0.15, 0.2) is 0 Å². The van der Waals surface area contributed by atoms with E-state index in [1.165, 1.54) is 12.8 Å². The predicted molar refractivity (Wildman–Crippen MR) is 51.9 cm³/mol. The van der Waals surface area contributed by atoms with Crippen LogP contribution in [0.1, 0.15) is 47.5 Å². The molecule has 0 N–H and O–H groups in total. The minimum absolute atomic E-state index is 0.458. The van der Waals surface area contributed by atoms with Crippen molar-refractivity contribution in [2.24, 2.45) is 0 Å². The maximum absolute atomic E-state index is 2.47. The first-order valence-corrected chi connectivity index (χ1v) is 4.77. The van der Waals surface area contributed by atoms with Gasteiger partial charge in [-0.05, 0) is 40.7 Å². The highest BCUT2D eigenvalue weighted by atomic mass is 15.2. The fraction of sp³-hybridized carbons (Fsp3) is 1.00. The zero-order valence-electron chi connectivity index (χ0n) is 8.94. The summed E-state index contributed by atoms with van der Waals surface area (Å²) in [5.74, 6) is 0. The Morgan fingerprint density at radius 2 is 1.73 bits per heavy atom. The Hall–Kier alpha value is -0.0400. The molecule has 0 bridgehead atoms. The normalized spacial score (nSPS) is 29.5. The van der Waals surface area contributed by atoms with Crippen LogP contribution in [0.15, 0.2) is 0 Å². The Labute approximate surface area is 71.8 Å². The predicted octanol–water partition coefficient (Wildman–Crippen LogP) is 2.91. The standard InChI is InChI=1S/C8H17N.C2H6/c1-7-5-6-8(2,3)9(7)4;1-2/h7H,5-6H2,1-4H3;1-2H3. The fourth-order valence-electron chi connectivity index (χ4n) is 1.53. The Morgan fingerprint density at radius 3 is 1.82 bits per heavy atom. The third kappa shape index (κ3) is 2.48. The molecule has 11 heavy (non-hydrogen) atoms. The summed E-state index contributed by atoms with van der Waals surface area (Å²) >= 11 is 0. The van der Waals surface area contributed by atoms with E-state index in [2.05, 4.69) is 32.7 Å². The molecule has 0 aromatic rings. The molecular weight excluding hydrogens is 134 g/mol. The van der Waals surface area contributed by atoms with Crippen molar-refractivity contribution in [3.63, 3.8) is 0 Å². The summed E-state index contributed by atoms with van der Waals surface area (Å²) in [6, 6.07) is 0.792. The van der Waals surface area contributed by atoms with Crippen LogP contribution in [0.5, 0.6) is 0 Å². The molecule has 0 amide bonds. The van der Waals surface area contributed by atoms with Crippen molar-refractivity contribution >= 4 is 0 Å². The maximum atomic E-state index is 2.47. The minimum Gasteiger partial charge on any atom is -0.299 e. The molecule has 0 aromatic carbocycles. The average Bonchev–Trinajstić information content (AvgIpc) is 2.21. The molecule has 0 saturated carbocycles. The van der Waals surface area contributed by atoms with E-state index in [0.717, 1.165) is 6.04 Å². The molecular formula is C10H23N. The van der Waals surface area contributed by atoms with Crippen LogP contribution in [-0.4, -0.2) is 23.5 Å². The van der Waals surface area contributed by atoms with E-state index in [1.807, 2.05) is 13.8 Å². The third-order valence-corrected chi connectivity index (χ3v) is 2.79. The second-order valence-corrected chi connectivity index (χ2v) is 3.81. The van der Waals surface area contributed by atoms with Crippen LogP contribution in [0.4, 0.5) is 0 Å². The van der Waals surface area contributed by atoms with Crippen molar-refractivity contribution in [3.05, 3.63) is 0 Å². The van der Waals surface area contributed by atoms with Gasteiger partial charge in [0.25, 0.3) is 0 Å². The largest absolute Gasteiger partial charge is 0.299 e. The van der Waals surface area contributed by atoms with E-state index >= 15 is 0 Å². The van der Waals surface area contributed by atoms with Crippen molar-refractivity contribution < 1.29 is 0 Å². The lowest BCUT2D eigenvalue weighted by Crippen LogP contribution is -2.38. The Bertz CT molecular complexity index is 107. The van der Waals surface area contributed by atoms with Crippen molar-refractivity contribution in [2.75, 3.05) is 7.05 Å². The monoisotopic (exact) mass is 157 g/mol. The molecule has 68 valence electrons. The van der Waals surface area contributed by atoms with E-state index < -0.39 is 0 Å². The molecule has 1 atom stereocenters. The SMILES string of the molecule is CC.CC1CCC(C)(C)N1C. The van der Waals surface area contributed by atoms with Crippen LogP contribution in [0.3, 0.4) is 0 Å². The molecule has 0 spiro atoms. The van der Waals surface area contributed by atoms with E-state index in [1.54, 1.807) is 0 Å². The zero-order valence-corrected chi connectivity index (χ0v) is 8.94. The second kappa shape index (κ2) is 4.10. The van der Waals surface area contributed by atoms with Crippen molar-refractivity contribution in [1.29, 1.82) is 0 Å². The van der Waals surface area contributed by atoms with Crippen LogP contribution in [0, 0.1) is 0 Å². The lowest BCUT2D eigenvalue weighted by Gasteiger charge is -2.30. The van der Waals surface area contributed by atoms with Crippen LogP contribution in [0.25, 0.3) is 0 Å². The Morgan fingerprint density at radius 1 is 1.27 bits per heavy atom. The number of rotatable bonds is 0. The fourth-order valence-corrected chi connectivity index (χ4v) is 1.53. The van der Waals surface area contributed by atoms with Gasteiger partial charge in [-0.3, -0.25) is 4.90 Å². The minimum atomic E-state index is 0.458. The molecule has 1 nitrogen and oxygen atoms in total. The van der Waals surface area contributed by atoms with Gasteiger partial charge in [-0.15, -0.1) is 0 Å². The second-order valence-electron chi connectivity index (χ2n) is 3.81. The van der Waals surface area contributed by atoms with E-state index in [4.69, 9.17) is 0 Å². The molecule has 1 unspecified atom stereocenters. The lowest BCUT2D eigenvalue weighted by molar-refractivity contribution is 0.178. The van der Waals surface area contributed by atoms with Crippen LogP contribution < -0.4 is 0 Å². The van der Waals surface area contributed by atoms with Gasteiger partial charge in [0.1, 0.15) is 0 Å². The number of hydrogen-bond acceptors (Lipinski definition) is 1. The van der Waals surface area contributed by atoms with Crippen LogP contribution >= 0.6 is 0 Å². The molecule has 1 fully saturated rings. The summed E-state index contributed by atoms with van der Waals surface area (Å²) in [7, 11) is 2.22. The van der Waals surface area contributed by atoms with Crippen molar-refractivity contribution in [3.8, 4) is 0 Å². The lowest BCUT2D eigenvalue weighted by atomic mass is 10.0. The molecule has 1 heteroatoms. The van der Waals surface area contributed by atoms with Gasteiger partial charge in [-0.25, -0.2) is 0 Å². The molecule has 1 aliphatic heterocycles. The highest BCUT2D eigenvalue weighted by molar-refractivity contribution is 4.89. The highest BCUT2D eigenvalue weighted by Crippen LogP contribution is 2.30. The Balaban J connectivity index is 0.000000461. The molecule has 0 aromatic heterocycles. The van der Waals surface area contributed by atoms with Gasteiger partial charge in [-0.2, -0.15) is 0 Å². The first-order chi connectivity index (χ1) is 5.04. The molecule has 1 aliphatic rings. The van der Waals surface area contributed by atoms with Gasteiger partial charge in [0, 0.05) is 11.6 Å². The van der Waals surface area contributed by atoms with Gasteiger partial charge in [0.05, 0.1) is 0 Å². The summed E-state index contributed by atoms with van der Waals surface area (Å²) in [6.45, 7) is 10.9. The molecule has 0 aliphatic carbocycles. The van der Waals surface area contributed by atoms with E-state index in [0.29, 0.717) is 5.54 Å². The number of nitrogens with zero attached hydrogens (tertiary/aromatic N) is 1. The van der Waals surface area contributed by atoms with Crippen LogP contribution in [-0.2, 0) is 0 Å². The van der Waals surface area contributed by atoms with Gasteiger partial charge >= 0.3 is 0 Å². The zero-order chi connectivity index (χ0) is 9.07. The van der Waals surface area contributed by atoms with Gasteiger partial charge < -0.3 is 0 Å². The smallest absolute Gasteiger partial charge is 0.0153 e. The highest BCUT2D eigenvalue weighted by Gasteiger charge is 2.33. The molecule has 0 radical (unpaired) electrons. The first kappa shape index (κ1) is 11.0. The molecule has 1 rings (SSSR count). The van der Waals surface area contributed by atoms with Crippen molar-refractivity contribution in [1.82, 2.24) is 4.90 Å². The van der Waals surface area contributed by atoms with E-state index in [9.17, 15) is 0 Å². The third-order valence-electron chi connectivity index (χ3n) is 2.79. The first-order valence-electron chi connectivity index (χ1n) is 4.77. The number of likely N-dealkylation sites (tertiary alicyclic amines) is 1.